The minimum absolute atomic E-state index is 0.386. The third-order valence-electron chi connectivity index (χ3n) is 2.38. The molecule has 0 N–H and O–H groups in total. The lowest BCUT2D eigenvalue weighted by molar-refractivity contribution is 0.112. The highest BCUT2D eigenvalue weighted by Crippen LogP contribution is 2.25. The van der Waals surface area contributed by atoms with E-state index < -0.39 is 0 Å². The van der Waals surface area contributed by atoms with Crippen LogP contribution < -0.4 is 4.74 Å². The average Bonchev–Trinajstić information content (AvgIpc) is 2.73. The second-order valence-corrected chi connectivity index (χ2v) is 4.00. The van der Waals surface area contributed by atoms with Gasteiger partial charge in [-0.25, -0.2) is 4.98 Å². The van der Waals surface area contributed by atoms with Gasteiger partial charge in [-0.2, -0.15) is 0 Å². The summed E-state index contributed by atoms with van der Waals surface area (Å²) in [7, 11) is 1.89. The van der Waals surface area contributed by atoms with Crippen LogP contribution in [0.5, 0.6) is 5.75 Å². The summed E-state index contributed by atoms with van der Waals surface area (Å²) in [5.74, 6) is 0.554. The Morgan fingerprint density at radius 3 is 2.94 bits per heavy atom. The Morgan fingerprint density at radius 2 is 2.35 bits per heavy atom. The number of aryl methyl sites for hydroxylation is 1. The molecule has 0 aliphatic heterocycles. The van der Waals surface area contributed by atoms with Gasteiger partial charge in [-0.05, 0) is 18.2 Å². The molecule has 0 aliphatic carbocycles. The first kappa shape index (κ1) is 11.7. The summed E-state index contributed by atoms with van der Waals surface area (Å²) in [4.78, 5) is 14.5. The van der Waals surface area contributed by atoms with Crippen LogP contribution in [0, 0.1) is 0 Å². The minimum atomic E-state index is 0.386. The molecule has 17 heavy (non-hydrogen) atoms. The Balaban J connectivity index is 2.09. The van der Waals surface area contributed by atoms with Crippen molar-refractivity contribution in [2.24, 2.45) is 7.05 Å². The van der Waals surface area contributed by atoms with E-state index in [4.69, 9.17) is 16.3 Å². The van der Waals surface area contributed by atoms with Crippen molar-refractivity contribution in [3.63, 3.8) is 0 Å². The number of ether oxygens (including phenoxy) is 1. The Bertz CT molecular complexity index is 537. The maximum Gasteiger partial charge on any atom is 0.150 e. The number of carbonyl (C=O) groups is 1. The van der Waals surface area contributed by atoms with E-state index in [0.717, 1.165) is 12.0 Å². The lowest BCUT2D eigenvalue weighted by atomic mass is 10.2. The fraction of sp³-hybridized carbons (Fsp3) is 0.167. The molecule has 2 rings (SSSR count). The Hall–Kier alpha value is -1.81. The molecule has 0 bridgehead atoms. The number of hydrogen-bond donors (Lipinski definition) is 0. The van der Waals surface area contributed by atoms with Crippen molar-refractivity contribution in [3.8, 4) is 5.75 Å². The number of halogens is 1. The summed E-state index contributed by atoms with van der Waals surface area (Å²) in [5, 5.41) is 0.428. The van der Waals surface area contributed by atoms with Crippen molar-refractivity contribution in [3.05, 3.63) is 47.0 Å². The summed E-state index contributed by atoms with van der Waals surface area (Å²) >= 11 is 5.98. The van der Waals surface area contributed by atoms with Gasteiger partial charge in [0.1, 0.15) is 18.6 Å². The van der Waals surface area contributed by atoms with E-state index in [1.165, 1.54) is 0 Å². The molecule has 1 aromatic carbocycles. The topological polar surface area (TPSA) is 44.1 Å². The fourth-order valence-corrected chi connectivity index (χ4v) is 1.63. The van der Waals surface area contributed by atoms with E-state index in [-0.39, 0.29) is 0 Å². The first-order valence-electron chi connectivity index (χ1n) is 5.03. The monoisotopic (exact) mass is 250 g/mol. The van der Waals surface area contributed by atoms with Crippen molar-refractivity contribution < 1.29 is 9.53 Å². The first-order chi connectivity index (χ1) is 8.20. The molecule has 0 aliphatic rings. The van der Waals surface area contributed by atoms with E-state index in [9.17, 15) is 4.79 Å². The molecule has 0 spiro atoms. The van der Waals surface area contributed by atoms with E-state index >= 15 is 0 Å². The lowest BCUT2D eigenvalue weighted by Crippen LogP contribution is -2.01. The summed E-state index contributed by atoms with van der Waals surface area (Å²) in [5.41, 5.74) is 1.48. The maximum absolute atomic E-state index is 10.5. The maximum atomic E-state index is 10.5. The van der Waals surface area contributed by atoms with Crippen LogP contribution in [0.25, 0.3) is 0 Å². The predicted molar refractivity (Wildman–Crippen MR) is 64.4 cm³/mol. The molecule has 88 valence electrons. The molecule has 2 aromatic rings. The van der Waals surface area contributed by atoms with Gasteiger partial charge in [0, 0.05) is 12.6 Å². The zero-order chi connectivity index (χ0) is 12.3. The van der Waals surface area contributed by atoms with Crippen molar-refractivity contribution >= 4 is 17.9 Å². The van der Waals surface area contributed by atoms with Crippen molar-refractivity contribution in [1.29, 1.82) is 0 Å². The summed E-state index contributed by atoms with van der Waals surface area (Å²) < 4.78 is 7.42. The molecule has 5 heteroatoms. The van der Waals surface area contributed by atoms with Gasteiger partial charge in [0.25, 0.3) is 0 Å². The fourth-order valence-electron chi connectivity index (χ4n) is 1.38. The molecule has 0 radical (unpaired) electrons. The quantitative estimate of drug-likeness (QED) is 0.783. The van der Waals surface area contributed by atoms with Crippen LogP contribution in [0.15, 0.2) is 30.7 Å². The molecule has 0 atom stereocenters. The highest BCUT2D eigenvalue weighted by Gasteiger charge is 2.04. The first-order valence-corrected chi connectivity index (χ1v) is 5.41. The van der Waals surface area contributed by atoms with Crippen molar-refractivity contribution in [2.75, 3.05) is 0 Å². The molecule has 0 unspecified atom stereocenters. The average molecular weight is 251 g/mol. The van der Waals surface area contributed by atoms with Crippen LogP contribution in [0.4, 0.5) is 0 Å². The second-order valence-electron chi connectivity index (χ2n) is 3.59. The van der Waals surface area contributed by atoms with Gasteiger partial charge in [-0.15, -0.1) is 0 Å². The zero-order valence-electron chi connectivity index (χ0n) is 9.26. The van der Waals surface area contributed by atoms with Crippen molar-refractivity contribution in [1.82, 2.24) is 9.55 Å². The number of hydrogen-bond acceptors (Lipinski definition) is 3. The Morgan fingerprint density at radius 1 is 1.53 bits per heavy atom. The molecule has 0 saturated carbocycles. The van der Waals surface area contributed by atoms with Crippen LogP contribution in [-0.4, -0.2) is 15.8 Å². The minimum Gasteiger partial charge on any atom is -0.486 e. The standard InChI is InChI=1S/C12H11ClN2O2/c1-15-8-14-5-10(15)7-17-12-3-2-9(6-16)4-11(12)13/h2-6,8H,7H2,1H3. The summed E-state index contributed by atoms with van der Waals surface area (Å²) in [6, 6.07) is 4.92. The molecule has 0 fully saturated rings. The van der Waals surface area contributed by atoms with Gasteiger partial charge >= 0.3 is 0 Å². The van der Waals surface area contributed by atoms with Gasteiger partial charge in [0.05, 0.1) is 23.2 Å². The van der Waals surface area contributed by atoms with E-state index in [0.29, 0.717) is 22.9 Å². The van der Waals surface area contributed by atoms with Crippen LogP contribution in [-0.2, 0) is 13.7 Å². The van der Waals surface area contributed by atoms with E-state index in [1.54, 1.807) is 30.7 Å². The third kappa shape index (κ3) is 2.65. The van der Waals surface area contributed by atoms with Crippen molar-refractivity contribution in [2.45, 2.75) is 6.61 Å². The van der Waals surface area contributed by atoms with Gasteiger partial charge in [-0.1, -0.05) is 11.6 Å². The van der Waals surface area contributed by atoms with Gasteiger partial charge in [-0.3, -0.25) is 4.79 Å². The summed E-state index contributed by atoms with van der Waals surface area (Å²) in [6.07, 6.45) is 4.18. The molecule has 4 nitrogen and oxygen atoms in total. The van der Waals surface area contributed by atoms with Gasteiger partial charge in [0.15, 0.2) is 0 Å². The van der Waals surface area contributed by atoms with Gasteiger partial charge < -0.3 is 9.30 Å². The number of benzene rings is 1. The predicted octanol–water partition coefficient (Wildman–Crippen LogP) is 2.47. The van der Waals surface area contributed by atoms with E-state index in [1.807, 2.05) is 11.6 Å². The molecule has 0 amide bonds. The van der Waals surface area contributed by atoms with Crippen LogP contribution in [0.1, 0.15) is 16.1 Å². The third-order valence-corrected chi connectivity index (χ3v) is 2.68. The summed E-state index contributed by atoms with van der Waals surface area (Å²) in [6.45, 7) is 0.386. The lowest BCUT2D eigenvalue weighted by Gasteiger charge is -2.08. The van der Waals surface area contributed by atoms with Crippen LogP contribution >= 0.6 is 11.6 Å². The smallest absolute Gasteiger partial charge is 0.150 e. The number of nitrogens with zero attached hydrogens (tertiary/aromatic N) is 2. The Kier molecular flexibility index (Phi) is 3.44. The molecular weight excluding hydrogens is 240 g/mol. The zero-order valence-corrected chi connectivity index (χ0v) is 10.0. The number of carbonyl (C=O) groups excluding carboxylic acids is 1. The largest absolute Gasteiger partial charge is 0.486 e. The van der Waals surface area contributed by atoms with E-state index in [2.05, 4.69) is 4.98 Å². The SMILES string of the molecule is Cn1cncc1COc1ccc(C=O)cc1Cl. The molecular formula is C12H11ClN2O2. The highest BCUT2D eigenvalue weighted by molar-refractivity contribution is 6.32. The number of rotatable bonds is 4. The normalized spacial score (nSPS) is 10.2. The number of aldehydes is 1. The number of imidazole rings is 1. The highest BCUT2D eigenvalue weighted by atomic mass is 35.5. The molecule has 1 heterocycles. The van der Waals surface area contributed by atoms with Gasteiger partial charge in [0.2, 0.25) is 0 Å². The molecule has 1 aromatic heterocycles. The van der Waals surface area contributed by atoms with Crippen LogP contribution in [0.3, 0.4) is 0 Å². The Labute approximate surface area is 104 Å². The van der Waals surface area contributed by atoms with Crippen LogP contribution in [0.2, 0.25) is 5.02 Å². The second kappa shape index (κ2) is 5.01. The number of aromatic nitrogens is 2. The molecule has 0 saturated heterocycles.